The lowest BCUT2D eigenvalue weighted by atomic mass is 10.2. The molecule has 0 N–H and O–H groups in total. The van der Waals surface area contributed by atoms with Gasteiger partial charge < -0.3 is 4.90 Å². The Morgan fingerprint density at radius 3 is 2.39 bits per heavy atom. The van der Waals surface area contributed by atoms with Crippen molar-refractivity contribution in [3.8, 4) is 0 Å². The van der Waals surface area contributed by atoms with E-state index in [4.69, 9.17) is 0 Å². The summed E-state index contributed by atoms with van der Waals surface area (Å²) in [6.07, 6.45) is -2.07. The van der Waals surface area contributed by atoms with Crippen LogP contribution in [0, 0.1) is 0 Å². The summed E-state index contributed by atoms with van der Waals surface area (Å²) in [5.74, 6) is 0.180. The molecular weight excluding hydrogens is 305 g/mol. The van der Waals surface area contributed by atoms with Crippen molar-refractivity contribution in [1.82, 2.24) is 9.78 Å². The molecule has 2 aromatic rings. The monoisotopic (exact) mass is 320 g/mol. The highest BCUT2D eigenvalue weighted by Gasteiger charge is 2.36. The minimum Gasteiger partial charge on any atom is -0.323 e. The first kappa shape index (κ1) is 15.3. The fraction of sp³-hybridized carbons (Fsp3) is 0.250. The number of allylic oxidation sites excluding steroid dienone is 2. The molecule has 0 spiro atoms. The highest BCUT2D eigenvalue weighted by Crippen LogP contribution is 2.30. The van der Waals surface area contributed by atoms with E-state index >= 15 is 0 Å². The molecule has 0 saturated carbocycles. The average molecular weight is 320 g/mol. The molecule has 0 radical (unpaired) electrons. The van der Waals surface area contributed by atoms with E-state index < -0.39 is 11.9 Å². The zero-order valence-electron chi connectivity index (χ0n) is 12.6. The largest absolute Gasteiger partial charge is 0.433 e. The van der Waals surface area contributed by atoms with Crippen molar-refractivity contribution in [2.45, 2.75) is 26.2 Å². The van der Waals surface area contributed by atoms with Crippen LogP contribution in [0.2, 0.25) is 0 Å². The van der Waals surface area contributed by atoms with Gasteiger partial charge in [0.2, 0.25) is 0 Å². The van der Waals surface area contributed by atoms with Crippen molar-refractivity contribution >= 4 is 11.5 Å². The molecule has 0 amide bonds. The fourth-order valence-corrected chi connectivity index (χ4v) is 2.66. The summed E-state index contributed by atoms with van der Waals surface area (Å²) < 4.78 is 39.9. The van der Waals surface area contributed by atoms with Crippen LogP contribution < -0.4 is 4.90 Å². The molecule has 2 heterocycles. The van der Waals surface area contributed by atoms with Gasteiger partial charge in [-0.3, -0.25) is 0 Å². The number of halogens is 3. The molecule has 1 aliphatic rings. The molecule has 0 saturated heterocycles. The van der Waals surface area contributed by atoms with E-state index in [-0.39, 0.29) is 12.0 Å². The molecule has 0 bridgehead atoms. The summed E-state index contributed by atoms with van der Waals surface area (Å²) in [5.41, 5.74) is 0.908. The van der Waals surface area contributed by atoms with Gasteiger partial charge in [-0.05, 0) is 32.0 Å². The third kappa shape index (κ3) is 2.86. The van der Waals surface area contributed by atoms with E-state index in [9.17, 15) is 13.2 Å². The molecule has 120 valence electrons. The van der Waals surface area contributed by atoms with Gasteiger partial charge in [0, 0.05) is 17.5 Å². The summed E-state index contributed by atoms with van der Waals surface area (Å²) in [6.45, 7) is 3.68. The first-order valence-corrected chi connectivity index (χ1v) is 7.10. The number of para-hydroxylation sites is 1. The van der Waals surface area contributed by atoms with Crippen molar-refractivity contribution in [2.24, 2.45) is 4.99 Å². The van der Waals surface area contributed by atoms with E-state index in [1.54, 1.807) is 6.08 Å². The van der Waals surface area contributed by atoms with Gasteiger partial charge in [-0.15, -0.1) is 0 Å². The summed E-state index contributed by atoms with van der Waals surface area (Å²) >= 11 is 0. The van der Waals surface area contributed by atoms with Crippen LogP contribution in [-0.2, 0) is 6.18 Å². The minimum atomic E-state index is -4.47. The predicted molar refractivity (Wildman–Crippen MR) is 82.2 cm³/mol. The zero-order valence-corrected chi connectivity index (χ0v) is 12.6. The molecule has 1 aromatic heterocycles. The third-order valence-corrected chi connectivity index (χ3v) is 3.60. The molecule has 4 nitrogen and oxygen atoms in total. The number of nitrogens with zero attached hydrogens (tertiary/aromatic N) is 4. The second-order valence-corrected chi connectivity index (χ2v) is 5.24. The predicted octanol–water partition coefficient (Wildman–Crippen LogP) is 3.92. The number of alkyl halides is 3. The number of rotatable bonds is 1. The SMILES string of the molecule is CC1=CC(n2nccc2C(F)(F)F)=NC(C)N1c1ccccc1. The molecular formula is C16H15F3N4. The zero-order chi connectivity index (χ0) is 16.6. The van der Waals surface area contributed by atoms with Crippen LogP contribution in [0.4, 0.5) is 18.9 Å². The van der Waals surface area contributed by atoms with Crippen molar-refractivity contribution in [3.63, 3.8) is 0 Å². The average Bonchev–Trinajstić information content (AvgIpc) is 2.97. The smallest absolute Gasteiger partial charge is 0.323 e. The summed E-state index contributed by atoms with van der Waals surface area (Å²) in [5, 5.41) is 3.78. The van der Waals surface area contributed by atoms with Crippen LogP contribution in [0.5, 0.6) is 0 Å². The van der Waals surface area contributed by atoms with Gasteiger partial charge in [0.25, 0.3) is 0 Å². The molecule has 7 heteroatoms. The van der Waals surface area contributed by atoms with Gasteiger partial charge >= 0.3 is 6.18 Å². The quantitative estimate of drug-likeness (QED) is 0.798. The van der Waals surface area contributed by atoms with Crippen molar-refractivity contribution in [1.29, 1.82) is 0 Å². The number of aliphatic imine (C=N–C) groups is 1. The Morgan fingerprint density at radius 2 is 1.78 bits per heavy atom. The summed E-state index contributed by atoms with van der Waals surface area (Å²) in [4.78, 5) is 6.33. The number of anilines is 1. The van der Waals surface area contributed by atoms with Gasteiger partial charge in [0.1, 0.15) is 11.9 Å². The standard InChI is InChI=1S/C16H15F3N4/c1-11-10-15(23-14(8-9-20-23)16(17,18)19)21-12(2)22(11)13-6-4-3-5-7-13/h3-10,12H,1-2H3. The maximum Gasteiger partial charge on any atom is 0.433 e. The molecule has 1 unspecified atom stereocenters. The molecule has 0 aliphatic carbocycles. The lowest BCUT2D eigenvalue weighted by molar-refractivity contribution is -0.142. The molecule has 1 atom stereocenters. The maximum atomic E-state index is 13.0. The highest BCUT2D eigenvalue weighted by atomic mass is 19.4. The lowest BCUT2D eigenvalue weighted by Gasteiger charge is -2.33. The molecule has 1 aromatic carbocycles. The van der Waals surface area contributed by atoms with Crippen LogP contribution in [0.3, 0.4) is 0 Å². The Hall–Kier alpha value is -2.57. The van der Waals surface area contributed by atoms with Crippen LogP contribution in [0.15, 0.2) is 59.4 Å². The number of benzene rings is 1. The topological polar surface area (TPSA) is 33.4 Å². The fourth-order valence-electron chi connectivity index (χ4n) is 2.66. The second kappa shape index (κ2) is 5.57. The molecule has 0 fully saturated rings. The van der Waals surface area contributed by atoms with E-state index in [0.717, 1.165) is 28.3 Å². The maximum absolute atomic E-state index is 13.0. The van der Waals surface area contributed by atoms with Gasteiger partial charge in [-0.25, -0.2) is 9.67 Å². The Labute approximate surface area is 131 Å². The van der Waals surface area contributed by atoms with Gasteiger partial charge in [0.15, 0.2) is 5.84 Å². The number of aromatic nitrogens is 2. The van der Waals surface area contributed by atoms with Gasteiger partial charge in [-0.2, -0.15) is 18.3 Å². The Kier molecular flexibility index (Phi) is 3.71. The van der Waals surface area contributed by atoms with Crippen molar-refractivity contribution in [3.05, 3.63) is 60.1 Å². The first-order chi connectivity index (χ1) is 10.9. The van der Waals surface area contributed by atoms with Crippen molar-refractivity contribution in [2.75, 3.05) is 4.90 Å². The normalized spacial score (nSPS) is 18.7. The number of hydrogen-bond acceptors (Lipinski definition) is 3. The van der Waals surface area contributed by atoms with Crippen LogP contribution >= 0.6 is 0 Å². The van der Waals surface area contributed by atoms with Crippen molar-refractivity contribution < 1.29 is 13.2 Å². The summed E-state index contributed by atoms with van der Waals surface area (Å²) in [6, 6.07) is 10.5. The highest BCUT2D eigenvalue weighted by molar-refractivity contribution is 5.97. The van der Waals surface area contributed by atoms with Crippen LogP contribution in [0.25, 0.3) is 0 Å². The van der Waals surface area contributed by atoms with E-state index in [2.05, 4.69) is 10.1 Å². The molecule has 1 aliphatic heterocycles. The Balaban J connectivity index is 1.99. The second-order valence-electron chi connectivity index (χ2n) is 5.24. The van der Waals surface area contributed by atoms with Crippen LogP contribution in [-0.4, -0.2) is 21.8 Å². The lowest BCUT2D eigenvalue weighted by Crippen LogP contribution is -2.36. The molecule has 23 heavy (non-hydrogen) atoms. The first-order valence-electron chi connectivity index (χ1n) is 7.10. The molecule has 3 rings (SSSR count). The van der Waals surface area contributed by atoms with Gasteiger partial charge in [-0.1, -0.05) is 18.2 Å². The number of hydrogen-bond donors (Lipinski definition) is 0. The van der Waals surface area contributed by atoms with Gasteiger partial charge in [0.05, 0.1) is 6.20 Å². The Bertz CT molecular complexity index is 759. The minimum absolute atomic E-state index is 0.180. The summed E-state index contributed by atoms with van der Waals surface area (Å²) in [7, 11) is 0. The van der Waals surface area contributed by atoms with Crippen LogP contribution in [0.1, 0.15) is 19.5 Å². The van der Waals surface area contributed by atoms with E-state index in [0.29, 0.717) is 0 Å². The van der Waals surface area contributed by atoms with E-state index in [1.165, 1.54) is 0 Å². The Morgan fingerprint density at radius 1 is 1.09 bits per heavy atom. The van der Waals surface area contributed by atoms with E-state index in [1.807, 2.05) is 49.1 Å². The third-order valence-electron chi connectivity index (χ3n) is 3.60.